The predicted molar refractivity (Wildman–Crippen MR) is 84.4 cm³/mol. The maximum Gasteiger partial charge on any atom is 0.0897 e. The highest BCUT2D eigenvalue weighted by Crippen LogP contribution is 2.14. The minimum absolute atomic E-state index is 0.112. The van der Waals surface area contributed by atoms with Gasteiger partial charge < -0.3 is 15.2 Å². The van der Waals surface area contributed by atoms with Crippen LogP contribution in [0.5, 0.6) is 0 Å². The van der Waals surface area contributed by atoms with Crippen molar-refractivity contribution >= 4 is 11.3 Å². The van der Waals surface area contributed by atoms with Crippen LogP contribution in [0.15, 0.2) is 5.51 Å². The van der Waals surface area contributed by atoms with Crippen LogP contribution in [-0.2, 0) is 11.2 Å². The zero-order chi connectivity index (χ0) is 15.0. The van der Waals surface area contributed by atoms with Gasteiger partial charge in [0.1, 0.15) is 0 Å². The standard InChI is InChI=1S/C15H28N2O2S/c1-5-15(4,6-2)17-9-13(18)10-19-8-7-14-12(3)16-11-20-14/h11,13,17-18H,5-10H2,1-4H3. The summed E-state index contributed by atoms with van der Waals surface area (Å²) in [7, 11) is 0. The van der Waals surface area contributed by atoms with Crippen LogP contribution in [-0.4, -0.2) is 41.5 Å². The SMILES string of the molecule is CCC(C)(CC)NCC(O)COCCc1scnc1C. The average molecular weight is 300 g/mol. The molecule has 0 aliphatic carbocycles. The van der Waals surface area contributed by atoms with Crippen molar-refractivity contribution in [2.24, 2.45) is 0 Å². The Morgan fingerprint density at radius 3 is 2.70 bits per heavy atom. The molecule has 1 heterocycles. The summed E-state index contributed by atoms with van der Waals surface area (Å²) in [6.07, 6.45) is 2.54. The first kappa shape index (κ1) is 17.6. The average Bonchev–Trinajstić information content (AvgIpc) is 2.86. The topological polar surface area (TPSA) is 54.4 Å². The van der Waals surface area contributed by atoms with Crippen molar-refractivity contribution in [2.45, 2.75) is 58.6 Å². The van der Waals surface area contributed by atoms with Gasteiger partial charge in [-0.25, -0.2) is 4.98 Å². The lowest BCUT2D eigenvalue weighted by atomic mass is 9.95. The van der Waals surface area contributed by atoms with E-state index in [2.05, 4.69) is 31.1 Å². The molecule has 4 nitrogen and oxygen atoms in total. The van der Waals surface area contributed by atoms with Crippen molar-refractivity contribution in [1.82, 2.24) is 10.3 Å². The first-order valence-corrected chi connectivity index (χ1v) is 8.28. The lowest BCUT2D eigenvalue weighted by Gasteiger charge is -2.29. The van der Waals surface area contributed by atoms with Gasteiger partial charge in [-0.2, -0.15) is 0 Å². The van der Waals surface area contributed by atoms with Crippen LogP contribution >= 0.6 is 11.3 Å². The second-order valence-electron chi connectivity index (χ2n) is 5.49. The predicted octanol–water partition coefficient (Wildman–Crippen LogP) is 2.54. The summed E-state index contributed by atoms with van der Waals surface area (Å²) in [6, 6.07) is 0. The van der Waals surface area contributed by atoms with Gasteiger partial charge in [-0.15, -0.1) is 11.3 Å². The van der Waals surface area contributed by atoms with Crippen molar-refractivity contribution in [3.8, 4) is 0 Å². The third kappa shape index (κ3) is 5.87. The van der Waals surface area contributed by atoms with E-state index in [9.17, 15) is 5.11 Å². The number of hydrogen-bond donors (Lipinski definition) is 2. The zero-order valence-electron chi connectivity index (χ0n) is 13.1. The molecule has 1 atom stereocenters. The summed E-state index contributed by atoms with van der Waals surface area (Å²) in [5.41, 5.74) is 3.06. The van der Waals surface area contributed by atoms with Crippen molar-refractivity contribution in [1.29, 1.82) is 0 Å². The number of hydrogen-bond acceptors (Lipinski definition) is 5. The van der Waals surface area contributed by atoms with Gasteiger partial charge in [0, 0.05) is 23.4 Å². The van der Waals surface area contributed by atoms with Crippen LogP contribution in [0, 0.1) is 6.92 Å². The van der Waals surface area contributed by atoms with E-state index in [4.69, 9.17) is 4.74 Å². The van der Waals surface area contributed by atoms with Gasteiger partial charge in [0.05, 0.1) is 30.5 Å². The van der Waals surface area contributed by atoms with E-state index in [1.165, 1.54) is 4.88 Å². The number of rotatable bonds is 10. The van der Waals surface area contributed by atoms with Gasteiger partial charge in [0.25, 0.3) is 0 Å². The first-order chi connectivity index (χ1) is 9.50. The van der Waals surface area contributed by atoms with Crippen LogP contribution < -0.4 is 5.32 Å². The van der Waals surface area contributed by atoms with Gasteiger partial charge in [-0.1, -0.05) is 13.8 Å². The number of aryl methyl sites for hydroxylation is 1. The van der Waals surface area contributed by atoms with E-state index < -0.39 is 6.10 Å². The molecule has 0 saturated heterocycles. The zero-order valence-corrected chi connectivity index (χ0v) is 13.9. The number of thiazole rings is 1. The highest BCUT2D eigenvalue weighted by molar-refractivity contribution is 7.09. The number of aliphatic hydroxyl groups excluding tert-OH is 1. The maximum absolute atomic E-state index is 9.92. The molecule has 5 heteroatoms. The Morgan fingerprint density at radius 2 is 2.15 bits per heavy atom. The molecule has 0 aliphatic rings. The molecule has 0 aromatic carbocycles. The monoisotopic (exact) mass is 300 g/mol. The molecule has 0 bridgehead atoms. The molecule has 20 heavy (non-hydrogen) atoms. The number of nitrogens with zero attached hydrogens (tertiary/aromatic N) is 1. The summed E-state index contributed by atoms with van der Waals surface area (Å²) in [6.45, 7) is 10.1. The molecular weight excluding hydrogens is 272 g/mol. The van der Waals surface area contributed by atoms with Gasteiger partial charge in [-0.3, -0.25) is 0 Å². The molecule has 116 valence electrons. The number of ether oxygens (including phenoxy) is 1. The summed E-state index contributed by atoms with van der Waals surface area (Å²) >= 11 is 1.66. The van der Waals surface area contributed by atoms with Gasteiger partial charge in [0.2, 0.25) is 0 Å². The highest BCUT2D eigenvalue weighted by Gasteiger charge is 2.19. The molecule has 0 spiro atoms. The summed E-state index contributed by atoms with van der Waals surface area (Å²) in [4.78, 5) is 5.48. The van der Waals surface area contributed by atoms with E-state index in [-0.39, 0.29) is 5.54 Å². The highest BCUT2D eigenvalue weighted by atomic mass is 32.1. The lowest BCUT2D eigenvalue weighted by molar-refractivity contribution is 0.0341. The molecule has 0 saturated carbocycles. The van der Waals surface area contributed by atoms with Crippen LogP contribution in [0.3, 0.4) is 0 Å². The van der Waals surface area contributed by atoms with E-state index >= 15 is 0 Å². The Morgan fingerprint density at radius 1 is 1.45 bits per heavy atom. The second kappa shape index (κ2) is 8.72. The largest absolute Gasteiger partial charge is 0.389 e. The minimum atomic E-state index is -0.449. The van der Waals surface area contributed by atoms with E-state index in [0.29, 0.717) is 19.8 Å². The Hall–Kier alpha value is -0.490. The Balaban J connectivity index is 2.14. The van der Waals surface area contributed by atoms with Crippen LogP contribution in [0.1, 0.15) is 44.2 Å². The van der Waals surface area contributed by atoms with E-state index in [1.54, 1.807) is 11.3 Å². The number of aromatic nitrogens is 1. The molecule has 2 N–H and O–H groups in total. The lowest BCUT2D eigenvalue weighted by Crippen LogP contribution is -2.45. The molecular formula is C15H28N2O2S. The number of aliphatic hydroxyl groups is 1. The molecule has 1 rings (SSSR count). The van der Waals surface area contributed by atoms with Gasteiger partial charge in [0.15, 0.2) is 0 Å². The summed E-state index contributed by atoms with van der Waals surface area (Å²) < 4.78 is 5.55. The quantitative estimate of drug-likeness (QED) is 0.652. The fourth-order valence-electron chi connectivity index (χ4n) is 1.87. The first-order valence-electron chi connectivity index (χ1n) is 7.40. The third-order valence-electron chi connectivity index (χ3n) is 3.95. The van der Waals surface area contributed by atoms with Crippen LogP contribution in [0.2, 0.25) is 0 Å². The second-order valence-corrected chi connectivity index (χ2v) is 6.43. The summed E-state index contributed by atoms with van der Waals surface area (Å²) in [5.74, 6) is 0. The molecule has 0 amide bonds. The maximum atomic E-state index is 9.92. The van der Waals surface area contributed by atoms with Crippen molar-refractivity contribution in [2.75, 3.05) is 19.8 Å². The van der Waals surface area contributed by atoms with Gasteiger partial charge >= 0.3 is 0 Å². The fourth-order valence-corrected chi connectivity index (χ4v) is 2.64. The normalized spacial score (nSPS) is 13.7. The van der Waals surface area contributed by atoms with E-state index in [1.807, 2.05) is 12.4 Å². The Labute approximate surface area is 126 Å². The van der Waals surface area contributed by atoms with Crippen molar-refractivity contribution in [3.63, 3.8) is 0 Å². The fraction of sp³-hybridized carbons (Fsp3) is 0.800. The van der Waals surface area contributed by atoms with Crippen LogP contribution in [0.25, 0.3) is 0 Å². The smallest absolute Gasteiger partial charge is 0.0897 e. The van der Waals surface area contributed by atoms with Crippen molar-refractivity contribution in [3.05, 3.63) is 16.1 Å². The number of nitrogens with one attached hydrogen (secondary N) is 1. The summed E-state index contributed by atoms with van der Waals surface area (Å²) in [5, 5.41) is 13.3. The van der Waals surface area contributed by atoms with Gasteiger partial charge in [-0.05, 0) is 26.7 Å². The molecule has 0 fully saturated rings. The van der Waals surface area contributed by atoms with E-state index in [0.717, 1.165) is 25.0 Å². The Bertz CT molecular complexity index is 378. The minimum Gasteiger partial charge on any atom is -0.389 e. The Kier molecular flexibility index (Phi) is 7.66. The number of β-amino-alcohol motifs (C(OH)–C–C–N with tert-alkyl or cyclic N) is 1. The van der Waals surface area contributed by atoms with Crippen LogP contribution in [0.4, 0.5) is 0 Å². The molecule has 1 aromatic rings. The van der Waals surface area contributed by atoms with Crippen molar-refractivity contribution < 1.29 is 9.84 Å². The third-order valence-corrected chi connectivity index (χ3v) is 4.95. The molecule has 1 unspecified atom stereocenters. The molecule has 0 radical (unpaired) electrons. The molecule has 1 aromatic heterocycles. The molecule has 0 aliphatic heterocycles.